The molecule has 0 spiro atoms. The first-order valence-electron chi connectivity index (χ1n) is 9.65. The van der Waals surface area contributed by atoms with Gasteiger partial charge in [-0.15, -0.1) is 6.42 Å². The largest absolute Gasteiger partial charge is 0.456 e. The summed E-state index contributed by atoms with van der Waals surface area (Å²) in [5.41, 5.74) is 7.86. The van der Waals surface area contributed by atoms with E-state index in [2.05, 4.69) is 35.1 Å². The maximum absolute atomic E-state index is 9.77. The van der Waals surface area contributed by atoms with Gasteiger partial charge in [0.05, 0.1) is 11.7 Å². The number of aliphatic hydroxyl groups is 1. The van der Waals surface area contributed by atoms with Gasteiger partial charge in [-0.25, -0.2) is 4.98 Å². The molecule has 1 aromatic carbocycles. The van der Waals surface area contributed by atoms with Crippen molar-refractivity contribution >= 4 is 34.3 Å². The Bertz CT molecular complexity index is 1100. The van der Waals surface area contributed by atoms with Gasteiger partial charge in [0.25, 0.3) is 0 Å². The first kappa shape index (κ1) is 19.6. The molecule has 6 nitrogen and oxygen atoms in total. The molecule has 1 fully saturated rings. The van der Waals surface area contributed by atoms with Crippen LogP contribution in [0.5, 0.6) is 0 Å². The molecule has 3 aromatic rings. The average Bonchev–Trinajstić information content (AvgIpc) is 3.06. The van der Waals surface area contributed by atoms with Crippen LogP contribution in [0, 0.1) is 24.2 Å². The van der Waals surface area contributed by atoms with Crippen LogP contribution in [-0.2, 0) is 0 Å². The predicted molar refractivity (Wildman–Crippen MR) is 116 cm³/mol. The molecule has 4 N–H and O–H groups in total. The van der Waals surface area contributed by atoms with Gasteiger partial charge >= 0.3 is 0 Å². The molecule has 0 radical (unpaired) electrons. The van der Waals surface area contributed by atoms with Gasteiger partial charge in [0.1, 0.15) is 22.3 Å². The number of hydrogen-bond donors (Lipinski definition) is 3. The van der Waals surface area contributed by atoms with Crippen molar-refractivity contribution in [1.82, 2.24) is 9.97 Å². The van der Waals surface area contributed by atoms with Crippen LogP contribution in [0.25, 0.3) is 22.3 Å². The van der Waals surface area contributed by atoms with Crippen LogP contribution in [0.2, 0.25) is 5.15 Å². The molecule has 7 heteroatoms. The zero-order valence-corrected chi connectivity index (χ0v) is 17.1. The smallest absolute Gasteiger partial charge is 0.223 e. The number of fused-ring (bicyclic) bond motifs is 1. The van der Waals surface area contributed by atoms with Crippen LogP contribution in [0.1, 0.15) is 32.3 Å². The van der Waals surface area contributed by atoms with E-state index in [1.165, 1.54) is 0 Å². The second-order valence-electron chi connectivity index (χ2n) is 7.74. The van der Waals surface area contributed by atoms with Crippen molar-refractivity contribution in [2.75, 3.05) is 11.1 Å². The number of nitrogens with two attached hydrogens (primary N) is 1. The SMILES string of the molecule is C#Cc1ccc2oc(-c3c(Cl)nc(N)nc3NC(C)CCC3C(C)C3O)cc2c1. The van der Waals surface area contributed by atoms with Gasteiger partial charge in [0.15, 0.2) is 0 Å². The fourth-order valence-corrected chi connectivity index (χ4v) is 4.00. The lowest BCUT2D eigenvalue weighted by Crippen LogP contribution is -2.18. The minimum atomic E-state index is -0.176. The van der Waals surface area contributed by atoms with Crippen molar-refractivity contribution < 1.29 is 9.52 Å². The monoisotopic (exact) mass is 410 g/mol. The van der Waals surface area contributed by atoms with E-state index in [9.17, 15) is 5.11 Å². The summed E-state index contributed by atoms with van der Waals surface area (Å²) in [4.78, 5) is 8.45. The lowest BCUT2D eigenvalue weighted by molar-refractivity contribution is 0.247. The zero-order chi connectivity index (χ0) is 20.7. The molecule has 1 saturated carbocycles. The van der Waals surface area contributed by atoms with Crippen molar-refractivity contribution in [3.63, 3.8) is 0 Å². The minimum Gasteiger partial charge on any atom is -0.456 e. The number of anilines is 2. The molecule has 150 valence electrons. The number of furan rings is 1. The summed E-state index contributed by atoms with van der Waals surface area (Å²) >= 11 is 6.42. The Morgan fingerprint density at radius 2 is 2.14 bits per heavy atom. The molecule has 0 bridgehead atoms. The average molecular weight is 411 g/mol. The molecule has 1 aliphatic rings. The molecule has 0 amide bonds. The number of rotatable bonds is 6. The summed E-state index contributed by atoms with van der Waals surface area (Å²) in [5.74, 6) is 4.53. The Balaban J connectivity index is 1.62. The number of terminal acetylenes is 1. The normalized spacial score (nSPS) is 21.7. The standard InChI is InChI=1S/C22H23ClN4O2/c1-4-13-6-8-16-14(9-13)10-17(29-16)18-20(23)26-22(24)27-21(18)25-11(2)5-7-15-12(3)19(15)28/h1,6,8-12,15,19,28H,5,7H2,2-3H3,(H3,24,25,26,27). The first-order valence-corrected chi connectivity index (χ1v) is 10.0. The van der Waals surface area contributed by atoms with Crippen LogP contribution < -0.4 is 11.1 Å². The summed E-state index contributed by atoms with van der Waals surface area (Å²) in [6.07, 6.45) is 7.14. The van der Waals surface area contributed by atoms with E-state index in [1.54, 1.807) is 0 Å². The number of nitrogens with zero attached hydrogens (tertiary/aromatic N) is 2. The first-order chi connectivity index (χ1) is 13.9. The van der Waals surface area contributed by atoms with Crippen molar-refractivity contribution in [3.05, 3.63) is 35.0 Å². The zero-order valence-electron chi connectivity index (χ0n) is 16.3. The number of benzene rings is 1. The molecular weight excluding hydrogens is 388 g/mol. The van der Waals surface area contributed by atoms with Gasteiger partial charge in [0.2, 0.25) is 5.95 Å². The van der Waals surface area contributed by atoms with E-state index in [0.29, 0.717) is 34.6 Å². The topological polar surface area (TPSA) is 97.2 Å². The molecule has 29 heavy (non-hydrogen) atoms. The van der Waals surface area contributed by atoms with Crippen LogP contribution in [0.15, 0.2) is 28.7 Å². The molecule has 4 atom stereocenters. The lowest BCUT2D eigenvalue weighted by atomic mass is 10.1. The minimum absolute atomic E-state index is 0.0883. The van der Waals surface area contributed by atoms with Crippen molar-refractivity contribution in [2.45, 2.75) is 38.8 Å². The fourth-order valence-electron chi connectivity index (χ4n) is 3.73. The van der Waals surface area contributed by atoms with Crippen LogP contribution in [-0.4, -0.2) is 27.2 Å². The van der Waals surface area contributed by atoms with E-state index in [1.807, 2.05) is 24.3 Å². The third kappa shape index (κ3) is 3.89. The third-order valence-corrected chi connectivity index (χ3v) is 5.91. The van der Waals surface area contributed by atoms with Gasteiger partial charge in [-0.3, -0.25) is 0 Å². The maximum Gasteiger partial charge on any atom is 0.223 e. The summed E-state index contributed by atoms with van der Waals surface area (Å²) in [6.45, 7) is 4.14. The fraction of sp³-hybridized carbons (Fsp3) is 0.364. The number of halogens is 1. The number of nitrogens with one attached hydrogen (secondary N) is 1. The molecule has 0 saturated heterocycles. The number of aromatic nitrogens is 2. The highest BCUT2D eigenvalue weighted by atomic mass is 35.5. The molecule has 4 unspecified atom stereocenters. The highest BCUT2D eigenvalue weighted by Gasteiger charge is 2.44. The summed E-state index contributed by atoms with van der Waals surface area (Å²) in [5, 5.41) is 14.2. The van der Waals surface area contributed by atoms with Gasteiger partial charge in [-0.2, -0.15) is 4.98 Å². The van der Waals surface area contributed by atoms with Gasteiger partial charge in [-0.05, 0) is 55.9 Å². The van der Waals surface area contributed by atoms with Crippen molar-refractivity contribution in [2.24, 2.45) is 11.8 Å². The molecule has 2 aromatic heterocycles. The van der Waals surface area contributed by atoms with E-state index in [4.69, 9.17) is 28.2 Å². The Morgan fingerprint density at radius 3 is 2.83 bits per heavy atom. The van der Waals surface area contributed by atoms with Crippen molar-refractivity contribution in [1.29, 1.82) is 0 Å². The Kier molecular flexibility index (Phi) is 5.12. The quantitative estimate of drug-likeness (QED) is 0.413. The third-order valence-electron chi connectivity index (χ3n) is 5.64. The Labute approximate surface area is 174 Å². The lowest BCUT2D eigenvalue weighted by Gasteiger charge is -2.17. The highest BCUT2D eigenvalue weighted by molar-refractivity contribution is 6.32. The van der Waals surface area contributed by atoms with E-state index < -0.39 is 0 Å². The maximum atomic E-state index is 9.77. The van der Waals surface area contributed by atoms with E-state index in [-0.39, 0.29) is 23.2 Å². The van der Waals surface area contributed by atoms with Gasteiger partial charge < -0.3 is 20.6 Å². The van der Waals surface area contributed by atoms with Gasteiger partial charge in [0, 0.05) is 17.0 Å². The Hall–Kier alpha value is -2.75. The van der Waals surface area contributed by atoms with Crippen LogP contribution in [0.4, 0.5) is 11.8 Å². The molecule has 0 aliphatic heterocycles. The molecule has 2 heterocycles. The number of nitrogen functional groups attached to an aromatic ring is 1. The van der Waals surface area contributed by atoms with E-state index in [0.717, 1.165) is 23.8 Å². The predicted octanol–water partition coefficient (Wildman–Crippen LogP) is 4.31. The molecule has 4 rings (SSSR count). The Morgan fingerprint density at radius 1 is 1.38 bits per heavy atom. The van der Waals surface area contributed by atoms with Crippen molar-refractivity contribution in [3.8, 4) is 23.7 Å². The van der Waals surface area contributed by atoms with Crippen LogP contribution >= 0.6 is 11.6 Å². The summed E-state index contributed by atoms with van der Waals surface area (Å²) < 4.78 is 5.99. The number of hydrogen-bond acceptors (Lipinski definition) is 6. The molecular formula is C22H23ClN4O2. The summed E-state index contributed by atoms with van der Waals surface area (Å²) in [6, 6.07) is 7.52. The second kappa shape index (κ2) is 7.58. The van der Waals surface area contributed by atoms with E-state index >= 15 is 0 Å². The second-order valence-corrected chi connectivity index (χ2v) is 8.10. The van der Waals surface area contributed by atoms with Crippen LogP contribution in [0.3, 0.4) is 0 Å². The summed E-state index contributed by atoms with van der Waals surface area (Å²) in [7, 11) is 0. The van der Waals surface area contributed by atoms with Gasteiger partial charge in [-0.1, -0.05) is 24.4 Å². The molecule has 1 aliphatic carbocycles. The number of aliphatic hydroxyl groups excluding tert-OH is 1. The highest BCUT2D eigenvalue weighted by Crippen LogP contribution is 2.42.